The van der Waals surface area contributed by atoms with E-state index in [1.807, 2.05) is 6.07 Å². The van der Waals surface area contributed by atoms with Gasteiger partial charge in [0.1, 0.15) is 11.0 Å². The molecule has 1 aromatic heterocycles. The van der Waals surface area contributed by atoms with E-state index < -0.39 is 11.0 Å². The van der Waals surface area contributed by atoms with Crippen molar-refractivity contribution in [3.63, 3.8) is 0 Å². The van der Waals surface area contributed by atoms with Crippen LogP contribution in [0.3, 0.4) is 0 Å². The second-order valence-electron chi connectivity index (χ2n) is 3.69. The number of halogens is 2. The Labute approximate surface area is 123 Å². The molecule has 0 bridgehead atoms. The molecule has 2 aromatic rings. The van der Waals surface area contributed by atoms with E-state index >= 15 is 0 Å². The van der Waals surface area contributed by atoms with Crippen LogP contribution in [0.2, 0.25) is 5.15 Å². The van der Waals surface area contributed by atoms with Crippen LogP contribution in [-0.4, -0.2) is 8.18 Å². The normalized spacial score (nSPS) is 13.5. The van der Waals surface area contributed by atoms with Crippen LogP contribution in [-0.2, 0) is 11.0 Å². The fraction of sp³-hybridized carbons (Fsp3) is 0. The Bertz CT molecular complexity index is 648. The molecule has 100 valence electrons. The molecule has 2 rings (SSSR count). The van der Waals surface area contributed by atoms with Gasteiger partial charge in [0.05, 0.1) is 10.1 Å². The minimum atomic E-state index is -1.52. The van der Waals surface area contributed by atoms with Gasteiger partial charge in [-0.05, 0) is 24.3 Å². The third-order valence-electron chi connectivity index (χ3n) is 2.39. The van der Waals surface area contributed by atoms with Crippen molar-refractivity contribution in [1.29, 1.82) is 0 Å². The van der Waals surface area contributed by atoms with Crippen molar-refractivity contribution < 1.29 is 4.21 Å². The van der Waals surface area contributed by atoms with Gasteiger partial charge in [-0.1, -0.05) is 41.4 Å². The Morgan fingerprint density at radius 2 is 1.95 bits per heavy atom. The van der Waals surface area contributed by atoms with Gasteiger partial charge in [-0.25, -0.2) is 8.18 Å². The van der Waals surface area contributed by atoms with Crippen molar-refractivity contribution in [2.24, 2.45) is 5.73 Å². The van der Waals surface area contributed by atoms with Crippen LogP contribution in [0.15, 0.2) is 46.4 Å². The summed E-state index contributed by atoms with van der Waals surface area (Å²) in [7, 11) is -1.52. The van der Waals surface area contributed by atoms with Crippen molar-refractivity contribution in [1.82, 2.24) is 3.97 Å². The molecule has 1 heterocycles. The molecular weight excluding hydrogens is 305 g/mol. The Balaban J connectivity index is 2.49. The van der Waals surface area contributed by atoms with E-state index in [1.54, 1.807) is 30.3 Å². The van der Waals surface area contributed by atoms with Crippen molar-refractivity contribution in [3.05, 3.63) is 52.3 Å². The van der Waals surface area contributed by atoms with E-state index in [1.165, 1.54) is 10.0 Å². The van der Waals surface area contributed by atoms with E-state index in [-0.39, 0.29) is 16.1 Å². The predicted molar refractivity (Wildman–Crippen MR) is 80.1 cm³/mol. The summed E-state index contributed by atoms with van der Waals surface area (Å²) in [6.45, 7) is 0. The lowest BCUT2D eigenvalue weighted by atomic mass is 10.3. The molecule has 0 spiro atoms. The lowest BCUT2D eigenvalue weighted by Gasteiger charge is -2.07. The van der Waals surface area contributed by atoms with Crippen LogP contribution in [0.25, 0.3) is 6.08 Å². The molecule has 1 atom stereocenters. The van der Waals surface area contributed by atoms with Crippen molar-refractivity contribution in [3.8, 4) is 0 Å². The fourth-order valence-corrected chi connectivity index (χ4v) is 3.18. The number of hydrogen-bond donors (Lipinski definition) is 2. The summed E-state index contributed by atoms with van der Waals surface area (Å²) >= 11 is 11.7. The molecule has 7 heteroatoms. The van der Waals surface area contributed by atoms with Gasteiger partial charge in [-0.3, -0.25) is 0 Å². The molecule has 0 amide bonds. The van der Waals surface area contributed by atoms with Crippen molar-refractivity contribution in [2.75, 3.05) is 5.73 Å². The van der Waals surface area contributed by atoms with Crippen LogP contribution in [0.5, 0.6) is 0 Å². The number of nitrogen functional groups attached to an aromatic ring is 1. The number of benzene rings is 1. The summed E-state index contributed by atoms with van der Waals surface area (Å²) in [6, 6.07) is 10.4. The second kappa shape index (κ2) is 5.69. The molecule has 0 aliphatic heterocycles. The maximum Gasteiger partial charge on any atom is 0.159 e. The molecule has 0 radical (unpaired) electrons. The molecule has 0 aliphatic carbocycles. The van der Waals surface area contributed by atoms with Gasteiger partial charge < -0.3 is 11.5 Å². The highest BCUT2D eigenvalue weighted by Crippen LogP contribution is 2.27. The first-order chi connectivity index (χ1) is 9.00. The van der Waals surface area contributed by atoms with Crippen LogP contribution >= 0.6 is 23.2 Å². The zero-order valence-corrected chi connectivity index (χ0v) is 12.0. The molecule has 19 heavy (non-hydrogen) atoms. The van der Waals surface area contributed by atoms with Crippen molar-refractivity contribution in [2.45, 2.75) is 4.90 Å². The van der Waals surface area contributed by atoms with E-state index in [9.17, 15) is 4.21 Å². The third-order valence-corrected chi connectivity index (χ3v) is 4.28. The minimum absolute atomic E-state index is 0.0750. The number of aromatic nitrogens is 1. The summed E-state index contributed by atoms with van der Waals surface area (Å²) in [5, 5.41) is 0.329. The zero-order chi connectivity index (χ0) is 14.0. The highest BCUT2D eigenvalue weighted by atomic mass is 35.5. The molecule has 0 saturated heterocycles. The molecule has 1 aromatic carbocycles. The molecule has 4 nitrogen and oxygen atoms in total. The minimum Gasteiger partial charge on any atom is -0.389 e. The molecule has 0 fully saturated rings. The predicted octanol–water partition coefficient (Wildman–Crippen LogP) is 2.79. The fourth-order valence-electron chi connectivity index (χ4n) is 1.57. The zero-order valence-electron chi connectivity index (χ0n) is 9.72. The van der Waals surface area contributed by atoms with Gasteiger partial charge in [-0.2, -0.15) is 0 Å². The first kappa shape index (κ1) is 14.0. The maximum atomic E-state index is 12.4. The molecule has 4 N–H and O–H groups in total. The Hall–Kier alpha value is -1.43. The van der Waals surface area contributed by atoms with Crippen LogP contribution in [0, 0.1) is 0 Å². The highest BCUT2D eigenvalue weighted by Gasteiger charge is 2.16. The first-order valence-electron chi connectivity index (χ1n) is 5.27. The topological polar surface area (TPSA) is 74.0 Å². The summed E-state index contributed by atoms with van der Waals surface area (Å²) in [5.74, 6) is 0.246. The van der Waals surface area contributed by atoms with Gasteiger partial charge in [0.15, 0.2) is 11.0 Å². The average molecular weight is 316 g/mol. The molecule has 0 aliphatic rings. The van der Waals surface area contributed by atoms with Gasteiger partial charge in [-0.15, -0.1) is 0 Å². The Morgan fingerprint density at radius 3 is 2.53 bits per heavy atom. The Morgan fingerprint density at radius 1 is 1.32 bits per heavy atom. The van der Waals surface area contributed by atoms with Crippen LogP contribution in [0.4, 0.5) is 5.82 Å². The van der Waals surface area contributed by atoms with E-state index in [2.05, 4.69) is 0 Å². The molecule has 1 unspecified atom stereocenters. The summed E-state index contributed by atoms with van der Waals surface area (Å²) < 4.78 is 13.7. The highest BCUT2D eigenvalue weighted by molar-refractivity contribution is 7.83. The summed E-state index contributed by atoms with van der Waals surface area (Å²) in [4.78, 5) is 0.598. The number of rotatable bonds is 3. The van der Waals surface area contributed by atoms with Crippen LogP contribution in [0.1, 0.15) is 5.56 Å². The van der Waals surface area contributed by atoms with E-state index in [0.717, 1.165) is 0 Å². The lowest BCUT2D eigenvalue weighted by Crippen LogP contribution is -2.08. The maximum absolute atomic E-state index is 12.4. The molecule has 0 saturated carbocycles. The van der Waals surface area contributed by atoms with Crippen molar-refractivity contribution >= 4 is 46.1 Å². The monoisotopic (exact) mass is 315 g/mol. The number of nitrogens with zero attached hydrogens (tertiary/aromatic N) is 1. The lowest BCUT2D eigenvalue weighted by molar-refractivity contribution is 0.678. The van der Waals surface area contributed by atoms with Crippen LogP contribution < -0.4 is 11.5 Å². The van der Waals surface area contributed by atoms with E-state index in [0.29, 0.717) is 10.5 Å². The van der Waals surface area contributed by atoms with Gasteiger partial charge in [0.25, 0.3) is 0 Å². The average Bonchev–Trinajstić information content (AvgIpc) is 2.64. The number of nitrogens with two attached hydrogens (primary N) is 2. The van der Waals surface area contributed by atoms with Gasteiger partial charge >= 0.3 is 0 Å². The Kier molecular flexibility index (Phi) is 4.19. The quantitative estimate of drug-likeness (QED) is 0.855. The number of hydrogen-bond acceptors (Lipinski definition) is 3. The van der Waals surface area contributed by atoms with Gasteiger partial charge in [0.2, 0.25) is 0 Å². The number of anilines is 1. The largest absolute Gasteiger partial charge is 0.389 e. The van der Waals surface area contributed by atoms with E-state index in [4.69, 9.17) is 34.7 Å². The standard InChI is InChI=1S/C12H11Cl2N3OS/c13-10(15)6-8-7-11(14)17(12(8)16)19(18)9-4-2-1-3-5-9/h1-7H,15-16H2/b10-6-. The smallest absolute Gasteiger partial charge is 0.159 e. The second-order valence-corrected chi connectivity index (χ2v) is 5.85. The van der Waals surface area contributed by atoms with Gasteiger partial charge in [0, 0.05) is 5.56 Å². The summed E-state index contributed by atoms with van der Waals surface area (Å²) in [5.41, 5.74) is 11.8. The summed E-state index contributed by atoms with van der Waals surface area (Å²) in [6.07, 6.45) is 1.46. The first-order valence-corrected chi connectivity index (χ1v) is 7.13. The SMILES string of the molecule is N/C(Cl)=C\c1cc(Cl)n(S(=O)c2ccccc2)c1N. The third kappa shape index (κ3) is 2.94. The molecular formula is C12H11Cl2N3OS.